The molecule has 1 N–H and O–H groups in total. The number of aromatic nitrogens is 2. The topological polar surface area (TPSA) is 59.4 Å². The Bertz CT molecular complexity index is 1050. The van der Waals surface area contributed by atoms with Crippen molar-refractivity contribution in [2.24, 2.45) is 11.3 Å². The van der Waals surface area contributed by atoms with E-state index in [1.165, 1.54) is 12.1 Å². The molecule has 0 unspecified atom stereocenters. The van der Waals surface area contributed by atoms with Crippen LogP contribution in [0.15, 0.2) is 24.3 Å². The van der Waals surface area contributed by atoms with Gasteiger partial charge in [-0.15, -0.1) is 13.2 Å². The monoisotopic (exact) mass is 490 g/mol. The molecule has 35 heavy (non-hydrogen) atoms. The molecule has 1 aliphatic carbocycles. The van der Waals surface area contributed by atoms with Gasteiger partial charge in [-0.3, -0.25) is 4.79 Å². The Morgan fingerprint density at radius 3 is 2.51 bits per heavy atom. The van der Waals surface area contributed by atoms with E-state index in [1.807, 2.05) is 0 Å². The van der Waals surface area contributed by atoms with E-state index >= 15 is 0 Å². The first-order valence-electron chi connectivity index (χ1n) is 12.7. The summed E-state index contributed by atoms with van der Waals surface area (Å²) in [5.74, 6) is 1.37. The molecule has 2 aromatic rings. The summed E-state index contributed by atoms with van der Waals surface area (Å²) >= 11 is 0. The molecule has 9 heteroatoms. The van der Waals surface area contributed by atoms with E-state index in [1.54, 1.807) is 12.1 Å². The van der Waals surface area contributed by atoms with Gasteiger partial charge in [0.1, 0.15) is 17.3 Å². The number of aryl methyl sites for hydroxylation is 2. The van der Waals surface area contributed by atoms with E-state index in [4.69, 9.17) is 4.98 Å². The fraction of sp³-hybridized carbons (Fsp3) is 0.615. The van der Waals surface area contributed by atoms with Crippen molar-refractivity contribution in [3.8, 4) is 5.75 Å². The lowest BCUT2D eigenvalue weighted by Crippen LogP contribution is -2.49. The Morgan fingerprint density at radius 2 is 1.86 bits per heavy atom. The molecule has 1 aromatic heterocycles. The highest BCUT2D eigenvalue weighted by atomic mass is 19.4. The summed E-state index contributed by atoms with van der Waals surface area (Å²) < 4.78 is 43.2. The Balaban J connectivity index is 1.09. The van der Waals surface area contributed by atoms with Gasteiger partial charge < -0.3 is 19.5 Å². The highest BCUT2D eigenvalue weighted by molar-refractivity contribution is 5.94. The number of imidazole rings is 1. The van der Waals surface area contributed by atoms with Crippen LogP contribution in [0.2, 0.25) is 0 Å². The molecule has 2 aliphatic heterocycles. The average molecular weight is 491 g/mol. The van der Waals surface area contributed by atoms with Crippen LogP contribution in [-0.4, -0.2) is 41.5 Å². The molecule has 5 rings (SSSR count). The summed E-state index contributed by atoms with van der Waals surface area (Å²) in [6.07, 6.45) is 3.65. The van der Waals surface area contributed by atoms with Crippen LogP contribution >= 0.6 is 0 Å². The molecule has 190 valence electrons. The predicted molar refractivity (Wildman–Crippen MR) is 127 cm³/mol. The highest BCUT2D eigenvalue weighted by Crippen LogP contribution is 2.52. The molecule has 2 fully saturated rings. The standard InChI is InChI=1S/C26H33F3N4O2/c1-2-21-23(33-12-4-3-5-22(33)31-21)24(34)30-17-18-15-25(16-18)10-13-32(14-11-25)19-6-8-20(9-7-19)35-26(27,28)29/h6-9,18H,2-5,10-17H2,1H3,(H,30,34). The number of carbonyl (C=O) groups excluding carboxylic acids is 1. The number of hydrogen-bond donors (Lipinski definition) is 1. The van der Waals surface area contributed by atoms with Crippen LogP contribution in [0.25, 0.3) is 0 Å². The second kappa shape index (κ2) is 9.39. The third-order valence-corrected chi connectivity index (χ3v) is 7.96. The Morgan fingerprint density at radius 1 is 1.14 bits per heavy atom. The minimum atomic E-state index is -4.67. The SMILES string of the molecule is CCc1nc2n(c1C(=O)NCC1CC3(CCN(c4ccc(OC(F)(F)F)cc4)CC3)C1)CCCC2. The van der Waals surface area contributed by atoms with E-state index in [2.05, 4.69) is 26.4 Å². The molecule has 0 radical (unpaired) electrons. The van der Waals surface area contributed by atoms with Gasteiger partial charge in [0.05, 0.1) is 5.69 Å². The number of halogens is 3. The number of nitrogens with zero attached hydrogens (tertiary/aromatic N) is 3. The van der Waals surface area contributed by atoms with E-state index in [0.29, 0.717) is 17.9 Å². The first-order chi connectivity index (χ1) is 16.8. The fourth-order valence-corrected chi connectivity index (χ4v) is 6.18. The quantitative estimate of drug-likeness (QED) is 0.612. The zero-order valence-electron chi connectivity index (χ0n) is 20.2. The summed E-state index contributed by atoms with van der Waals surface area (Å²) in [7, 11) is 0. The second-order valence-corrected chi connectivity index (χ2v) is 10.3. The summed E-state index contributed by atoms with van der Waals surface area (Å²) in [5, 5.41) is 3.19. The Hall–Kier alpha value is -2.71. The maximum atomic E-state index is 13.0. The zero-order valence-corrected chi connectivity index (χ0v) is 20.2. The number of ether oxygens (including phenoxy) is 1. The number of nitrogens with one attached hydrogen (secondary N) is 1. The third-order valence-electron chi connectivity index (χ3n) is 7.96. The van der Waals surface area contributed by atoms with E-state index in [0.717, 1.165) is 93.9 Å². The molecule has 1 saturated carbocycles. The number of amides is 1. The number of hydrogen-bond acceptors (Lipinski definition) is 4. The van der Waals surface area contributed by atoms with Crippen molar-refractivity contribution in [2.75, 3.05) is 24.5 Å². The van der Waals surface area contributed by atoms with Crippen LogP contribution in [0, 0.1) is 11.3 Å². The number of alkyl halides is 3. The van der Waals surface area contributed by atoms with Gasteiger partial charge in [0, 0.05) is 38.3 Å². The normalized spacial score (nSPS) is 19.8. The first kappa shape index (κ1) is 24.0. The van der Waals surface area contributed by atoms with Gasteiger partial charge in [-0.2, -0.15) is 0 Å². The maximum absolute atomic E-state index is 13.0. The summed E-state index contributed by atoms with van der Waals surface area (Å²) in [6.45, 7) is 5.42. The van der Waals surface area contributed by atoms with Gasteiger partial charge in [-0.1, -0.05) is 6.92 Å². The first-order valence-corrected chi connectivity index (χ1v) is 12.7. The number of rotatable bonds is 6. The maximum Gasteiger partial charge on any atom is 0.573 e. The minimum Gasteiger partial charge on any atom is -0.406 e. The van der Waals surface area contributed by atoms with Crippen molar-refractivity contribution in [1.29, 1.82) is 0 Å². The largest absolute Gasteiger partial charge is 0.573 e. The molecule has 0 bridgehead atoms. The van der Waals surface area contributed by atoms with Crippen molar-refractivity contribution >= 4 is 11.6 Å². The van der Waals surface area contributed by atoms with Crippen LogP contribution in [-0.2, 0) is 19.4 Å². The lowest BCUT2D eigenvalue weighted by Gasteiger charge is -2.52. The van der Waals surface area contributed by atoms with Gasteiger partial charge >= 0.3 is 6.36 Å². The minimum absolute atomic E-state index is 0.0104. The molecule has 1 aromatic carbocycles. The highest BCUT2D eigenvalue weighted by Gasteiger charge is 2.45. The van der Waals surface area contributed by atoms with Gasteiger partial charge in [0.15, 0.2) is 0 Å². The summed E-state index contributed by atoms with van der Waals surface area (Å²) in [6, 6.07) is 6.13. The Kier molecular flexibility index (Phi) is 6.44. The van der Waals surface area contributed by atoms with Crippen LogP contribution in [0.4, 0.5) is 18.9 Å². The van der Waals surface area contributed by atoms with Crippen molar-refractivity contribution in [3.63, 3.8) is 0 Å². The van der Waals surface area contributed by atoms with E-state index in [9.17, 15) is 18.0 Å². The third kappa shape index (κ3) is 5.14. The molecule has 3 aliphatic rings. The molecule has 6 nitrogen and oxygen atoms in total. The van der Waals surface area contributed by atoms with Crippen LogP contribution < -0.4 is 15.0 Å². The number of carbonyl (C=O) groups is 1. The molecular formula is C26H33F3N4O2. The second-order valence-electron chi connectivity index (χ2n) is 10.3. The number of piperidine rings is 1. The van der Waals surface area contributed by atoms with Crippen molar-refractivity contribution < 1.29 is 22.7 Å². The summed E-state index contributed by atoms with van der Waals surface area (Å²) in [5.41, 5.74) is 2.93. The molecule has 3 heterocycles. The van der Waals surface area contributed by atoms with Crippen LogP contribution in [0.3, 0.4) is 0 Å². The van der Waals surface area contributed by atoms with Crippen molar-refractivity contribution in [1.82, 2.24) is 14.9 Å². The molecular weight excluding hydrogens is 457 g/mol. The lowest BCUT2D eigenvalue weighted by molar-refractivity contribution is -0.274. The lowest BCUT2D eigenvalue weighted by atomic mass is 9.57. The number of anilines is 1. The van der Waals surface area contributed by atoms with E-state index in [-0.39, 0.29) is 11.7 Å². The van der Waals surface area contributed by atoms with Crippen LogP contribution in [0.5, 0.6) is 5.75 Å². The van der Waals surface area contributed by atoms with Gasteiger partial charge in [0.25, 0.3) is 5.91 Å². The van der Waals surface area contributed by atoms with Gasteiger partial charge in [0.2, 0.25) is 0 Å². The average Bonchev–Trinajstić information content (AvgIpc) is 3.20. The van der Waals surface area contributed by atoms with Gasteiger partial charge in [-0.05, 0) is 80.5 Å². The van der Waals surface area contributed by atoms with Crippen molar-refractivity contribution in [2.45, 2.75) is 71.2 Å². The van der Waals surface area contributed by atoms with Gasteiger partial charge in [-0.25, -0.2) is 4.98 Å². The number of benzene rings is 1. The van der Waals surface area contributed by atoms with Crippen molar-refractivity contribution in [3.05, 3.63) is 41.5 Å². The molecule has 0 atom stereocenters. The smallest absolute Gasteiger partial charge is 0.406 e. The molecule has 1 amide bonds. The van der Waals surface area contributed by atoms with E-state index < -0.39 is 6.36 Å². The Labute approximate surface area is 203 Å². The molecule has 1 saturated heterocycles. The predicted octanol–water partition coefficient (Wildman–Crippen LogP) is 5.11. The molecule has 1 spiro atoms. The van der Waals surface area contributed by atoms with Crippen LogP contribution in [0.1, 0.15) is 67.5 Å². The zero-order chi connectivity index (χ0) is 24.6. The number of fused-ring (bicyclic) bond motifs is 1. The fourth-order valence-electron chi connectivity index (χ4n) is 6.18. The summed E-state index contributed by atoms with van der Waals surface area (Å²) in [4.78, 5) is 20.0.